The fraction of sp³-hybridized carbons (Fsp3) is 0.273. The van der Waals surface area contributed by atoms with Gasteiger partial charge in [0.05, 0.1) is 5.52 Å². The molecule has 1 aromatic heterocycles. The molecule has 0 atom stereocenters. The normalized spacial score (nSPS) is 15.1. The van der Waals surface area contributed by atoms with Crippen molar-refractivity contribution in [3.05, 3.63) is 30.0 Å². The van der Waals surface area contributed by atoms with E-state index in [1.165, 1.54) is 16.6 Å². The number of hydrogen-bond donors (Lipinski definition) is 1. The predicted octanol–water partition coefficient (Wildman–Crippen LogP) is 1.35. The fourth-order valence-electron chi connectivity index (χ4n) is 2.31. The zero-order valence-electron chi connectivity index (χ0n) is 8.20. The number of aromatic nitrogens is 1. The van der Waals surface area contributed by atoms with Gasteiger partial charge in [-0.2, -0.15) is 0 Å². The van der Waals surface area contributed by atoms with Crippen molar-refractivity contribution < 1.29 is 0 Å². The topological polar surface area (TPSA) is 34.2 Å². The van der Waals surface area contributed by atoms with E-state index in [1.54, 1.807) is 4.68 Å². The molecule has 3 nitrogen and oxygen atoms in total. The number of nitrogens with two attached hydrogens (primary N) is 1. The molecule has 14 heavy (non-hydrogen) atoms. The first-order valence-electron chi connectivity index (χ1n) is 4.86. The summed E-state index contributed by atoms with van der Waals surface area (Å²) in [6, 6.07) is 6.36. The minimum atomic E-state index is 1.12. The summed E-state index contributed by atoms with van der Waals surface area (Å²) in [4.78, 5) is 2.29. The Morgan fingerprint density at radius 1 is 1.29 bits per heavy atom. The Morgan fingerprint density at radius 2 is 2.14 bits per heavy atom. The maximum atomic E-state index is 5.81. The van der Waals surface area contributed by atoms with E-state index < -0.39 is 0 Å². The summed E-state index contributed by atoms with van der Waals surface area (Å²) in [5.74, 6) is 5.81. The molecule has 0 bridgehead atoms. The van der Waals surface area contributed by atoms with Crippen molar-refractivity contribution >= 4 is 16.6 Å². The summed E-state index contributed by atoms with van der Waals surface area (Å²) >= 11 is 0. The Morgan fingerprint density at radius 3 is 3.00 bits per heavy atom. The SMILES string of the molecule is CN1CCc2c1ccc1c2ccn1N. The molecule has 1 aliphatic rings. The molecule has 3 rings (SSSR count). The van der Waals surface area contributed by atoms with E-state index in [-0.39, 0.29) is 0 Å². The molecule has 1 aliphatic heterocycles. The Hall–Kier alpha value is -1.64. The molecule has 2 aromatic rings. The van der Waals surface area contributed by atoms with E-state index in [0.29, 0.717) is 0 Å². The molecule has 2 heterocycles. The molecule has 0 radical (unpaired) electrons. The van der Waals surface area contributed by atoms with E-state index in [1.807, 2.05) is 6.20 Å². The summed E-state index contributed by atoms with van der Waals surface area (Å²) in [5, 5.41) is 1.30. The van der Waals surface area contributed by atoms with Gasteiger partial charge in [-0.3, -0.25) is 4.68 Å². The van der Waals surface area contributed by atoms with Gasteiger partial charge in [0.15, 0.2) is 0 Å². The number of nitrogen functional groups attached to an aromatic ring is 1. The van der Waals surface area contributed by atoms with Crippen LogP contribution in [0, 0.1) is 0 Å². The van der Waals surface area contributed by atoms with Crippen molar-refractivity contribution in [3.8, 4) is 0 Å². The molecule has 0 saturated heterocycles. The first-order valence-corrected chi connectivity index (χ1v) is 4.86. The second kappa shape index (κ2) is 2.44. The number of rotatable bonds is 0. The molecule has 2 N–H and O–H groups in total. The Kier molecular flexibility index (Phi) is 1.35. The van der Waals surface area contributed by atoms with Crippen molar-refractivity contribution in [2.75, 3.05) is 24.3 Å². The van der Waals surface area contributed by atoms with Gasteiger partial charge >= 0.3 is 0 Å². The molecule has 72 valence electrons. The maximum absolute atomic E-state index is 5.81. The van der Waals surface area contributed by atoms with Gasteiger partial charge in [0.2, 0.25) is 0 Å². The van der Waals surface area contributed by atoms with E-state index in [0.717, 1.165) is 18.5 Å². The third kappa shape index (κ3) is 0.816. The van der Waals surface area contributed by atoms with Crippen LogP contribution in [0.5, 0.6) is 0 Å². The van der Waals surface area contributed by atoms with Crippen LogP contribution in [0.4, 0.5) is 5.69 Å². The average Bonchev–Trinajstić information content (AvgIpc) is 2.72. The van der Waals surface area contributed by atoms with Gasteiger partial charge < -0.3 is 10.7 Å². The highest BCUT2D eigenvalue weighted by molar-refractivity contribution is 5.89. The highest BCUT2D eigenvalue weighted by atomic mass is 15.3. The van der Waals surface area contributed by atoms with E-state index in [4.69, 9.17) is 5.84 Å². The van der Waals surface area contributed by atoms with Crippen LogP contribution in [0.15, 0.2) is 24.4 Å². The van der Waals surface area contributed by atoms with Crippen LogP contribution in [-0.2, 0) is 6.42 Å². The monoisotopic (exact) mass is 187 g/mol. The smallest absolute Gasteiger partial charge is 0.0694 e. The number of likely N-dealkylation sites (N-methyl/N-ethyl adjacent to an activating group) is 1. The number of nitrogens with zero attached hydrogens (tertiary/aromatic N) is 2. The highest BCUT2D eigenvalue weighted by Gasteiger charge is 2.18. The molecule has 0 fully saturated rings. The second-order valence-corrected chi connectivity index (χ2v) is 3.89. The van der Waals surface area contributed by atoms with E-state index >= 15 is 0 Å². The molecular formula is C11H13N3. The summed E-state index contributed by atoms with van der Waals surface area (Å²) in [5.41, 5.74) is 3.91. The second-order valence-electron chi connectivity index (χ2n) is 3.89. The molecular weight excluding hydrogens is 174 g/mol. The van der Waals surface area contributed by atoms with Crippen LogP contribution in [0.2, 0.25) is 0 Å². The molecule has 0 amide bonds. The number of fused-ring (bicyclic) bond motifs is 3. The largest absolute Gasteiger partial charge is 0.374 e. The Balaban J connectivity index is 2.39. The third-order valence-corrected chi connectivity index (χ3v) is 3.10. The number of anilines is 1. The van der Waals surface area contributed by atoms with Gasteiger partial charge in [0.1, 0.15) is 0 Å². The van der Waals surface area contributed by atoms with Gasteiger partial charge in [-0.05, 0) is 30.2 Å². The number of hydrogen-bond acceptors (Lipinski definition) is 2. The molecule has 0 aliphatic carbocycles. The van der Waals surface area contributed by atoms with Crippen LogP contribution < -0.4 is 10.7 Å². The highest BCUT2D eigenvalue weighted by Crippen LogP contribution is 2.33. The van der Waals surface area contributed by atoms with Gasteiger partial charge in [-0.25, -0.2) is 0 Å². The summed E-state index contributed by atoms with van der Waals surface area (Å²) in [6.07, 6.45) is 3.05. The predicted molar refractivity (Wildman–Crippen MR) is 59.1 cm³/mol. The van der Waals surface area contributed by atoms with Crippen molar-refractivity contribution in [2.45, 2.75) is 6.42 Å². The van der Waals surface area contributed by atoms with Crippen LogP contribution in [0.1, 0.15) is 5.56 Å². The van der Waals surface area contributed by atoms with Crippen molar-refractivity contribution in [1.29, 1.82) is 0 Å². The lowest BCUT2D eigenvalue weighted by Crippen LogP contribution is -2.12. The van der Waals surface area contributed by atoms with Crippen LogP contribution in [0.3, 0.4) is 0 Å². The van der Waals surface area contributed by atoms with Gasteiger partial charge in [0, 0.05) is 30.9 Å². The minimum absolute atomic E-state index is 1.12. The van der Waals surface area contributed by atoms with Crippen molar-refractivity contribution in [3.63, 3.8) is 0 Å². The van der Waals surface area contributed by atoms with Crippen molar-refractivity contribution in [1.82, 2.24) is 4.68 Å². The van der Waals surface area contributed by atoms with Crippen LogP contribution >= 0.6 is 0 Å². The zero-order valence-corrected chi connectivity index (χ0v) is 8.20. The Bertz CT molecular complexity index is 498. The third-order valence-electron chi connectivity index (χ3n) is 3.10. The molecule has 3 heteroatoms. The minimum Gasteiger partial charge on any atom is -0.374 e. The quantitative estimate of drug-likeness (QED) is 0.632. The first kappa shape index (κ1) is 7.74. The van der Waals surface area contributed by atoms with Gasteiger partial charge in [0.25, 0.3) is 0 Å². The molecule has 1 aromatic carbocycles. The average molecular weight is 187 g/mol. The lowest BCUT2D eigenvalue weighted by molar-refractivity contribution is 0.958. The molecule has 0 spiro atoms. The van der Waals surface area contributed by atoms with Crippen LogP contribution in [0.25, 0.3) is 10.9 Å². The van der Waals surface area contributed by atoms with Crippen molar-refractivity contribution in [2.24, 2.45) is 0 Å². The van der Waals surface area contributed by atoms with Crippen LogP contribution in [-0.4, -0.2) is 18.3 Å². The fourth-order valence-corrected chi connectivity index (χ4v) is 2.31. The Labute approximate surface area is 82.7 Å². The maximum Gasteiger partial charge on any atom is 0.0694 e. The van der Waals surface area contributed by atoms with E-state index in [9.17, 15) is 0 Å². The summed E-state index contributed by atoms with van der Waals surface area (Å²) in [6.45, 7) is 1.12. The molecule has 0 unspecified atom stereocenters. The van der Waals surface area contributed by atoms with Gasteiger partial charge in [-0.15, -0.1) is 0 Å². The molecule has 0 saturated carbocycles. The zero-order chi connectivity index (χ0) is 9.71. The summed E-state index contributed by atoms with van der Waals surface area (Å²) < 4.78 is 1.69. The standard InChI is InChI=1S/C11H13N3/c1-13-6-4-8-9-5-7-14(12)11(9)3-2-10(8)13/h2-3,5,7H,4,6,12H2,1H3. The first-order chi connectivity index (χ1) is 6.77. The summed E-state index contributed by atoms with van der Waals surface area (Å²) in [7, 11) is 2.14. The lowest BCUT2D eigenvalue weighted by atomic mass is 10.1. The lowest BCUT2D eigenvalue weighted by Gasteiger charge is -2.11. The number of benzene rings is 1. The van der Waals surface area contributed by atoms with Gasteiger partial charge in [-0.1, -0.05) is 0 Å². The van der Waals surface area contributed by atoms with E-state index in [2.05, 4.69) is 30.1 Å².